The predicted molar refractivity (Wildman–Crippen MR) is 52.1 cm³/mol. The van der Waals surface area contributed by atoms with Gasteiger partial charge in [-0.1, -0.05) is 6.07 Å². The fourth-order valence-corrected chi connectivity index (χ4v) is 2.61. The number of hydrogen-bond acceptors (Lipinski definition) is 3. The van der Waals surface area contributed by atoms with Crippen LogP contribution in [0.4, 0.5) is 5.69 Å². The van der Waals surface area contributed by atoms with E-state index < -0.39 is 0 Å². The minimum Gasteiger partial charge on any atom is -0.258 e. The van der Waals surface area contributed by atoms with Crippen molar-refractivity contribution in [2.75, 3.05) is 5.75 Å². The van der Waals surface area contributed by atoms with Crippen molar-refractivity contribution in [3.05, 3.63) is 33.9 Å². The van der Waals surface area contributed by atoms with Gasteiger partial charge in [-0.05, 0) is 24.7 Å². The zero-order valence-electron chi connectivity index (χ0n) is 7.03. The first-order valence-corrected chi connectivity index (χ1v) is 5.16. The number of benzene rings is 1. The summed E-state index contributed by atoms with van der Waals surface area (Å²) in [5, 5.41) is 10.7. The molecule has 0 saturated carbocycles. The van der Waals surface area contributed by atoms with Crippen molar-refractivity contribution in [1.29, 1.82) is 0 Å². The maximum Gasteiger partial charge on any atom is 0.273 e. The van der Waals surface area contributed by atoms with Crippen LogP contribution >= 0.6 is 11.8 Å². The molecular weight excluding hydrogens is 186 g/mol. The molecule has 0 unspecified atom stereocenters. The van der Waals surface area contributed by atoms with Crippen LogP contribution in [-0.2, 0) is 6.42 Å². The first-order valence-electron chi connectivity index (χ1n) is 4.18. The van der Waals surface area contributed by atoms with E-state index in [1.165, 1.54) is 0 Å². The fraction of sp³-hybridized carbons (Fsp3) is 0.333. The second kappa shape index (κ2) is 3.38. The van der Waals surface area contributed by atoms with Crippen molar-refractivity contribution in [1.82, 2.24) is 0 Å². The summed E-state index contributed by atoms with van der Waals surface area (Å²) < 4.78 is 0. The van der Waals surface area contributed by atoms with Gasteiger partial charge in [0.05, 0.1) is 4.92 Å². The molecule has 68 valence electrons. The van der Waals surface area contributed by atoms with Gasteiger partial charge in [0.2, 0.25) is 0 Å². The van der Waals surface area contributed by atoms with Crippen molar-refractivity contribution >= 4 is 17.4 Å². The minimum absolute atomic E-state index is 0.282. The molecule has 0 bridgehead atoms. The van der Waals surface area contributed by atoms with Gasteiger partial charge in [0.15, 0.2) is 0 Å². The van der Waals surface area contributed by atoms with Crippen molar-refractivity contribution in [3.8, 4) is 0 Å². The van der Waals surface area contributed by atoms with Crippen LogP contribution in [-0.4, -0.2) is 10.7 Å². The molecule has 1 aromatic rings. The third-order valence-corrected chi connectivity index (χ3v) is 3.32. The Kier molecular flexibility index (Phi) is 2.22. The van der Waals surface area contributed by atoms with E-state index in [4.69, 9.17) is 0 Å². The molecule has 0 radical (unpaired) electrons. The van der Waals surface area contributed by atoms with E-state index in [9.17, 15) is 10.1 Å². The molecule has 0 N–H and O–H groups in total. The van der Waals surface area contributed by atoms with Crippen LogP contribution in [0, 0.1) is 10.1 Å². The van der Waals surface area contributed by atoms with Crippen LogP contribution in [0.25, 0.3) is 0 Å². The topological polar surface area (TPSA) is 43.1 Å². The highest BCUT2D eigenvalue weighted by molar-refractivity contribution is 7.99. The number of nitrogens with zero attached hydrogens (tertiary/aromatic N) is 1. The van der Waals surface area contributed by atoms with Crippen molar-refractivity contribution in [3.63, 3.8) is 0 Å². The maximum absolute atomic E-state index is 10.7. The predicted octanol–water partition coefficient (Wildman–Crippen LogP) is 2.63. The zero-order valence-corrected chi connectivity index (χ0v) is 7.84. The molecule has 0 atom stereocenters. The Bertz CT molecular complexity index is 351. The van der Waals surface area contributed by atoms with Gasteiger partial charge in [-0.3, -0.25) is 10.1 Å². The molecule has 0 amide bonds. The van der Waals surface area contributed by atoms with Crippen LogP contribution in [0.2, 0.25) is 0 Å². The van der Waals surface area contributed by atoms with Crippen molar-refractivity contribution in [2.24, 2.45) is 0 Å². The summed E-state index contributed by atoms with van der Waals surface area (Å²) in [5.41, 5.74) is 1.20. The molecule has 0 aromatic heterocycles. The average molecular weight is 195 g/mol. The lowest BCUT2D eigenvalue weighted by molar-refractivity contribution is -0.385. The lowest BCUT2D eigenvalue weighted by atomic mass is 10.1. The summed E-state index contributed by atoms with van der Waals surface area (Å²) >= 11 is 1.72. The molecule has 1 heterocycles. The molecule has 2 rings (SSSR count). The van der Waals surface area contributed by atoms with Crippen molar-refractivity contribution in [2.45, 2.75) is 17.7 Å². The summed E-state index contributed by atoms with van der Waals surface area (Å²) in [4.78, 5) is 11.5. The number of nitro groups is 1. The third-order valence-electron chi connectivity index (χ3n) is 2.13. The number of nitro benzene ring substituents is 1. The molecular formula is C9H9NO2S. The number of fused-ring (bicyclic) bond motifs is 1. The second-order valence-electron chi connectivity index (χ2n) is 2.96. The summed E-state index contributed by atoms with van der Waals surface area (Å²) in [5.74, 6) is 1.08. The lowest BCUT2D eigenvalue weighted by Gasteiger charge is -2.13. The highest BCUT2D eigenvalue weighted by atomic mass is 32.2. The van der Waals surface area contributed by atoms with Gasteiger partial charge >= 0.3 is 0 Å². The lowest BCUT2D eigenvalue weighted by Crippen LogP contribution is -2.02. The maximum atomic E-state index is 10.7. The zero-order chi connectivity index (χ0) is 9.26. The Labute approximate surface area is 80.3 Å². The minimum atomic E-state index is -0.287. The van der Waals surface area contributed by atoms with Gasteiger partial charge in [-0.25, -0.2) is 0 Å². The molecule has 0 fully saturated rings. The van der Waals surface area contributed by atoms with Gasteiger partial charge in [0.25, 0.3) is 5.69 Å². The number of thioether (sulfide) groups is 1. The van der Waals surface area contributed by atoms with E-state index >= 15 is 0 Å². The number of rotatable bonds is 1. The molecule has 1 aliphatic rings. The van der Waals surface area contributed by atoms with Gasteiger partial charge < -0.3 is 0 Å². The molecule has 3 nitrogen and oxygen atoms in total. The average Bonchev–Trinajstić information content (AvgIpc) is 2.17. The van der Waals surface area contributed by atoms with E-state index in [2.05, 4.69) is 0 Å². The quantitative estimate of drug-likeness (QED) is 0.511. The second-order valence-corrected chi connectivity index (χ2v) is 4.10. The smallest absolute Gasteiger partial charge is 0.258 e. The standard InChI is InChI=1S/C9H9NO2S/c11-10(12)8-4-1-5-9-7(8)3-2-6-13-9/h1,4-5H,2-3,6H2. The van der Waals surface area contributed by atoms with E-state index in [0.29, 0.717) is 0 Å². The van der Waals surface area contributed by atoms with Gasteiger partial charge in [-0.2, -0.15) is 0 Å². The third kappa shape index (κ3) is 1.54. The Balaban J connectivity index is 2.52. The van der Waals surface area contributed by atoms with Crippen LogP contribution in [0.5, 0.6) is 0 Å². The Morgan fingerprint density at radius 3 is 3.08 bits per heavy atom. The van der Waals surface area contributed by atoms with Crippen LogP contribution in [0.3, 0.4) is 0 Å². The van der Waals surface area contributed by atoms with Gasteiger partial charge in [-0.15, -0.1) is 11.8 Å². The molecule has 0 aliphatic carbocycles. The van der Waals surface area contributed by atoms with Crippen LogP contribution < -0.4 is 0 Å². The van der Waals surface area contributed by atoms with Crippen molar-refractivity contribution < 1.29 is 4.92 Å². The molecule has 0 spiro atoms. The normalized spacial score (nSPS) is 15.1. The molecule has 13 heavy (non-hydrogen) atoms. The monoisotopic (exact) mass is 195 g/mol. The Hall–Kier alpha value is -1.03. The van der Waals surface area contributed by atoms with E-state index in [1.54, 1.807) is 23.9 Å². The van der Waals surface area contributed by atoms with Gasteiger partial charge in [0, 0.05) is 16.5 Å². The summed E-state index contributed by atoms with van der Waals surface area (Å²) in [7, 11) is 0. The SMILES string of the molecule is O=[N+]([O-])c1cccc2c1CCCS2. The first kappa shape index (κ1) is 8.56. The highest BCUT2D eigenvalue weighted by Gasteiger charge is 2.19. The fourth-order valence-electron chi connectivity index (χ4n) is 1.54. The number of hydrogen-bond donors (Lipinski definition) is 0. The summed E-state index contributed by atoms with van der Waals surface area (Å²) in [6, 6.07) is 5.31. The Morgan fingerprint density at radius 1 is 1.46 bits per heavy atom. The van der Waals surface area contributed by atoms with E-state index in [0.717, 1.165) is 29.1 Å². The molecule has 1 aliphatic heterocycles. The Morgan fingerprint density at radius 2 is 2.31 bits per heavy atom. The highest BCUT2D eigenvalue weighted by Crippen LogP contribution is 2.35. The summed E-state index contributed by atoms with van der Waals surface area (Å²) in [6.45, 7) is 0. The van der Waals surface area contributed by atoms with E-state index in [-0.39, 0.29) is 10.6 Å². The van der Waals surface area contributed by atoms with Gasteiger partial charge in [0.1, 0.15) is 0 Å². The van der Waals surface area contributed by atoms with Crippen LogP contribution in [0.1, 0.15) is 12.0 Å². The molecule has 1 aromatic carbocycles. The summed E-state index contributed by atoms with van der Waals surface area (Å²) in [6.07, 6.45) is 1.89. The largest absolute Gasteiger partial charge is 0.273 e. The van der Waals surface area contributed by atoms with Crippen LogP contribution in [0.15, 0.2) is 23.1 Å². The van der Waals surface area contributed by atoms with E-state index in [1.807, 2.05) is 6.07 Å². The molecule has 4 heteroatoms. The first-order chi connectivity index (χ1) is 6.29. The molecule has 0 saturated heterocycles.